The lowest BCUT2D eigenvalue weighted by Gasteiger charge is -2.43. The number of nitrogens with two attached hydrogens (primary N) is 1. The first-order valence-corrected chi connectivity index (χ1v) is 7.88. The Hall–Kier alpha value is -1.36. The largest absolute Gasteiger partial charge is 0.459 e. The highest BCUT2D eigenvalue weighted by molar-refractivity contribution is 5.77. The number of hydrogen-bond donors (Lipinski definition) is 2. The van der Waals surface area contributed by atoms with Crippen molar-refractivity contribution in [2.45, 2.75) is 44.7 Å². The summed E-state index contributed by atoms with van der Waals surface area (Å²) in [6, 6.07) is 10.2. The molecule has 2 heterocycles. The fourth-order valence-corrected chi connectivity index (χ4v) is 3.55. The lowest BCUT2D eigenvalue weighted by molar-refractivity contribution is 0.0753. The predicted molar refractivity (Wildman–Crippen MR) is 85.8 cm³/mol. The minimum atomic E-state index is -0.0286. The van der Waals surface area contributed by atoms with E-state index in [1.54, 1.807) is 0 Å². The monoisotopic (exact) mass is 287 g/mol. The lowest BCUT2D eigenvalue weighted by Crippen LogP contribution is -2.54. The van der Waals surface area contributed by atoms with E-state index in [1.807, 2.05) is 18.2 Å². The molecular weight excluding hydrogens is 262 g/mol. The van der Waals surface area contributed by atoms with Gasteiger partial charge in [-0.1, -0.05) is 25.1 Å². The fourth-order valence-electron chi connectivity index (χ4n) is 3.55. The molecule has 21 heavy (non-hydrogen) atoms. The second-order valence-corrected chi connectivity index (χ2v) is 6.19. The number of likely N-dealkylation sites (tertiary alicyclic amines) is 1. The van der Waals surface area contributed by atoms with Crippen LogP contribution >= 0.6 is 0 Å². The van der Waals surface area contributed by atoms with Crippen LogP contribution in [0, 0.1) is 0 Å². The molecule has 3 rings (SSSR count). The third kappa shape index (κ3) is 2.48. The molecule has 0 aliphatic carbocycles. The third-order valence-electron chi connectivity index (χ3n) is 5.06. The van der Waals surface area contributed by atoms with Crippen molar-refractivity contribution in [3.8, 4) is 0 Å². The van der Waals surface area contributed by atoms with Gasteiger partial charge < -0.3 is 4.42 Å². The molecule has 1 saturated heterocycles. The highest BCUT2D eigenvalue weighted by atomic mass is 16.3. The van der Waals surface area contributed by atoms with Crippen LogP contribution in [0.5, 0.6) is 0 Å². The van der Waals surface area contributed by atoms with Crippen molar-refractivity contribution < 1.29 is 4.42 Å². The van der Waals surface area contributed by atoms with Gasteiger partial charge in [-0.25, -0.2) is 5.43 Å². The summed E-state index contributed by atoms with van der Waals surface area (Å²) >= 11 is 0. The lowest BCUT2D eigenvalue weighted by atomic mass is 9.86. The van der Waals surface area contributed by atoms with Crippen molar-refractivity contribution in [1.82, 2.24) is 10.3 Å². The maximum Gasteiger partial charge on any atom is 0.134 e. The number of furan rings is 1. The maximum absolute atomic E-state index is 6.06. The molecule has 0 spiro atoms. The molecule has 1 fully saturated rings. The van der Waals surface area contributed by atoms with E-state index in [2.05, 4.69) is 36.3 Å². The number of benzene rings is 1. The first-order valence-electron chi connectivity index (χ1n) is 7.88. The smallest absolute Gasteiger partial charge is 0.134 e. The molecule has 0 saturated carbocycles. The Labute approximate surface area is 126 Å². The van der Waals surface area contributed by atoms with Crippen molar-refractivity contribution >= 4 is 11.0 Å². The average molecular weight is 287 g/mol. The average Bonchev–Trinajstić information content (AvgIpc) is 3.17. The van der Waals surface area contributed by atoms with Gasteiger partial charge in [-0.05, 0) is 51.4 Å². The summed E-state index contributed by atoms with van der Waals surface area (Å²) in [4.78, 5) is 2.55. The third-order valence-corrected chi connectivity index (χ3v) is 5.06. The summed E-state index contributed by atoms with van der Waals surface area (Å²) in [6.45, 7) is 6.80. The van der Waals surface area contributed by atoms with Crippen molar-refractivity contribution in [2.75, 3.05) is 13.1 Å². The molecule has 1 aliphatic heterocycles. The Morgan fingerprint density at radius 2 is 2.05 bits per heavy atom. The number of hydrazine groups is 1. The first-order chi connectivity index (χ1) is 10.2. The van der Waals surface area contributed by atoms with Gasteiger partial charge in [-0.3, -0.25) is 10.7 Å². The van der Waals surface area contributed by atoms with Gasteiger partial charge in [-0.2, -0.15) is 0 Å². The van der Waals surface area contributed by atoms with Gasteiger partial charge in [0.05, 0.1) is 6.04 Å². The molecular formula is C17H25N3O. The molecule has 4 heteroatoms. The summed E-state index contributed by atoms with van der Waals surface area (Å²) in [5.74, 6) is 6.85. The van der Waals surface area contributed by atoms with E-state index < -0.39 is 0 Å². The molecule has 2 atom stereocenters. The minimum absolute atomic E-state index is 0.00648. The van der Waals surface area contributed by atoms with E-state index in [1.165, 1.54) is 12.8 Å². The van der Waals surface area contributed by atoms with Gasteiger partial charge in [-0.15, -0.1) is 0 Å². The van der Waals surface area contributed by atoms with Crippen LogP contribution < -0.4 is 11.3 Å². The van der Waals surface area contributed by atoms with Crippen molar-refractivity contribution in [2.24, 2.45) is 5.84 Å². The zero-order chi connectivity index (χ0) is 14.9. The van der Waals surface area contributed by atoms with Gasteiger partial charge >= 0.3 is 0 Å². The molecule has 4 nitrogen and oxygen atoms in total. The standard InChI is InChI=1S/C17H25N3O/c1-3-17(2,20-10-6-7-11-20)16(19-18)15-12-13-8-4-5-9-14(13)21-15/h4-5,8-9,12,16,19H,3,6-7,10-11,18H2,1-2H3. The Balaban J connectivity index is 1.98. The SMILES string of the molecule is CCC(C)(C(NN)c1cc2ccccc2o1)N1CCCC1. The van der Waals surface area contributed by atoms with Crippen LogP contribution in [-0.2, 0) is 0 Å². The Bertz CT molecular complexity index is 570. The number of hydrogen-bond acceptors (Lipinski definition) is 4. The minimum Gasteiger partial charge on any atom is -0.459 e. The van der Waals surface area contributed by atoms with Crippen LogP contribution in [0.1, 0.15) is 44.9 Å². The first kappa shape index (κ1) is 14.6. The number of nitrogens with one attached hydrogen (secondary N) is 1. The van der Waals surface area contributed by atoms with Gasteiger partial charge in [0.2, 0.25) is 0 Å². The van der Waals surface area contributed by atoms with Crippen molar-refractivity contribution in [1.29, 1.82) is 0 Å². The number of para-hydroxylation sites is 1. The summed E-state index contributed by atoms with van der Waals surface area (Å²) in [7, 11) is 0. The number of rotatable bonds is 5. The molecule has 2 unspecified atom stereocenters. The van der Waals surface area contributed by atoms with E-state index in [4.69, 9.17) is 10.3 Å². The predicted octanol–water partition coefficient (Wildman–Crippen LogP) is 3.20. The molecule has 0 radical (unpaired) electrons. The van der Waals surface area contributed by atoms with Crippen LogP contribution in [0.3, 0.4) is 0 Å². The second kappa shape index (κ2) is 5.79. The Morgan fingerprint density at radius 1 is 1.33 bits per heavy atom. The summed E-state index contributed by atoms with van der Waals surface area (Å²) < 4.78 is 6.06. The normalized spacial score (nSPS) is 20.7. The van der Waals surface area contributed by atoms with Crippen LogP contribution in [0.2, 0.25) is 0 Å². The van der Waals surface area contributed by atoms with Gasteiger partial charge in [0.15, 0.2) is 0 Å². The molecule has 2 aromatic rings. The molecule has 1 aromatic heterocycles. The Morgan fingerprint density at radius 3 is 2.67 bits per heavy atom. The quantitative estimate of drug-likeness (QED) is 0.655. The van der Waals surface area contributed by atoms with Crippen molar-refractivity contribution in [3.05, 3.63) is 36.1 Å². The zero-order valence-electron chi connectivity index (χ0n) is 12.9. The van der Waals surface area contributed by atoms with E-state index in [9.17, 15) is 0 Å². The number of nitrogens with zero attached hydrogens (tertiary/aromatic N) is 1. The van der Waals surface area contributed by atoms with E-state index in [0.717, 1.165) is 36.2 Å². The van der Waals surface area contributed by atoms with Crippen LogP contribution in [0.15, 0.2) is 34.7 Å². The zero-order valence-corrected chi connectivity index (χ0v) is 12.9. The molecule has 1 aliphatic rings. The summed E-state index contributed by atoms with van der Waals surface area (Å²) in [5, 5.41) is 1.13. The summed E-state index contributed by atoms with van der Waals surface area (Å²) in [5.41, 5.74) is 3.91. The highest BCUT2D eigenvalue weighted by Crippen LogP contribution is 2.37. The molecule has 0 bridgehead atoms. The Kier molecular flexibility index (Phi) is 4.02. The van der Waals surface area contributed by atoms with Crippen LogP contribution in [0.4, 0.5) is 0 Å². The number of fused-ring (bicyclic) bond motifs is 1. The second-order valence-electron chi connectivity index (χ2n) is 6.19. The molecule has 3 N–H and O–H groups in total. The van der Waals surface area contributed by atoms with Crippen molar-refractivity contribution in [3.63, 3.8) is 0 Å². The molecule has 1 aromatic carbocycles. The highest BCUT2D eigenvalue weighted by Gasteiger charge is 2.41. The van der Waals surface area contributed by atoms with Crippen LogP contribution in [-0.4, -0.2) is 23.5 Å². The van der Waals surface area contributed by atoms with E-state index >= 15 is 0 Å². The summed E-state index contributed by atoms with van der Waals surface area (Å²) in [6.07, 6.45) is 3.57. The van der Waals surface area contributed by atoms with Gasteiger partial charge in [0.1, 0.15) is 11.3 Å². The van der Waals surface area contributed by atoms with Gasteiger partial charge in [0, 0.05) is 10.9 Å². The molecule has 114 valence electrons. The fraction of sp³-hybridized carbons (Fsp3) is 0.529. The molecule has 0 amide bonds. The van der Waals surface area contributed by atoms with E-state index in [0.29, 0.717) is 0 Å². The van der Waals surface area contributed by atoms with Gasteiger partial charge in [0.25, 0.3) is 0 Å². The van der Waals surface area contributed by atoms with Crippen LogP contribution in [0.25, 0.3) is 11.0 Å². The van der Waals surface area contributed by atoms with E-state index in [-0.39, 0.29) is 11.6 Å². The maximum atomic E-state index is 6.06. The topological polar surface area (TPSA) is 54.4 Å².